The van der Waals surface area contributed by atoms with E-state index in [1.807, 2.05) is 26.0 Å². The van der Waals surface area contributed by atoms with E-state index in [4.69, 9.17) is 10.6 Å². The smallest absolute Gasteiger partial charge is 0.425 e. The number of benzene rings is 1. The third-order valence-corrected chi connectivity index (χ3v) is 4.98. The fourth-order valence-electron chi connectivity index (χ4n) is 3.84. The van der Waals surface area contributed by atoms with Gasteiger partial charge in [0.05, 0.1) is 0 Å². The average Bonchev–Trinajstić information content (AvgIpc) is 2.50. The van der Waals surface area contributed by atoms with E-state index in [-0.39, 0.29) is 5.41 Å². The molecule has 0 aromatic heterocycles. The van der Waals surface area contributed by atoms with Crippen molar-refractivity contribution in [2.45, 2.75) is 50.7 Å². The zero-order valence-corrected chi connectivity index (χ0v) is 11.9. The Morgan fingerprint density at radius 3 is 2.37 bits per heavy atom. The first kappa shape index (κ1) is 12.5. The van der Waals surface area contributed by atoms with Crippen molar-refractivity contribution < 1.29 is 9.53 Å². The van der Waals surface area contributed by atoms with Crippen LogP contribution in [0, 0.1) is 0 Å². The van der Waals surface area contributed by atoms with Crippen LogP contribution in [0.5, 0.6) is 0 Å². The maximum absolute atomic E-state index is 12.0. The second-order valence-corrected chi connectivity index (χ2v) is 6.65. The van der Waals surface area contributed by atoms with E-state index in [1.54, 1.807) is 0 Å². The van der Waals surface area contributed by atoms with Gasteiger partial charge in [-0.1, -0.05) is 38.1 Å². The second-order valence-electron chi connectivity index (χ2n) is 6.65. The molecule has 4 nitrogen and oxygen atoms in total. The van der Waals surface area contributed by atoms with Crippen LogP contribution in [0.2, 0.25) is 0 Å². The lowest BCUT2D eigenvalue weighted by molar-refractivity contribution is -0.0294. The van der Waals surface area contributed by atoms with Crippen molar-refractivity contribution in [3.63, 3.8) is 0 Å². The molecular formula is C15H20N2O2. The topological polar surface area (TPSA) is 55.6 Å². The number of hydrogen-bond donors (Lipinski definition) is 1. The van der Waals surface area contributed by atoms with Crippen molar-refractivity contribution in [3.8, 4) is 0 Å². The summed E-state index contributed by atoms with van der Waals surface area (Å²) in [5.74, 6) is 6.01. The minimum atomic E-state index is -0.615. The molecule has 4 heteroatoms. The van der Waals surface area contributed by atoms with Gasteiger partial charge in [0.15, 0.2) is 0 Å². The van der Waals surface area contributed by atoms with Crippen molar-refractivity contribution in [2.24, 2.45) is 5.84 Å². The van der Waals surface area contributed by atoms with Crippen molar-refractivity contribution in [2.75, 3.05) is 0 Å². The molecule has 2 atom stereocenters. The lowest BCUT2D eigenvalue weighted by Gasteiger charge is -2.50. The van der Waals surface area contributed by atoms with Gasteiger partial charge in [-0.05, 0) is 36.8 Å². The second kappa shape index (κ2) is 3.31. The van der Waals surface area contributed by atoms with Crippen LogP contribution in [0.4, 0.5) is 4.79 Å². The summed E-state index contributed by atoms with van der Waals surface area (Å²) in [6.07, 6.45) is 0.310. The van der Waals surface area contributed by atoms with Gasteiger partial charge in [0, 0.05) is 0 Å². The lowest BCUT2D eigenvalue weighted by atomic mass is 9.59. The van der Waals surface area contributed by atoms with E-state index < -0.39 is 17.2 Å². The summed E-state index contributed by atoms with van der Waals surface area (Å²) in [4.78, 5) is 12.0. The van der Waals surface area contributed by atoms with Gasteiger partial charge < -0.3 is 4.74 Å². The van der Waals surface area contributed by atoms with Crippen molar-refractivity contribution in [3.05, 3.63) is 35.4 Å². The molecule has 1 aliphatic heterocycles. The van der Waals surface area contributed by atoms with Gasteiger partial charge >= 0.3 is 6.09 Å². The molecule has 1 aromatic carbocycles. The monoisotopic (exact) mass is 260 g/mol. The van der Waals surface area contributed by atoms with Crippen LogP contribution in [0.15, 0.2) is 24.3 Å². The van der Waals surface area contributed by atoms with Crippen LogP contribution in [-0.4, -0.2) is 16.7 Å². The van der Waals surface area contributed by atoms with Gasteiger partial charge in [0.25, 0.3) is 0 Å². The molecule has 102 valence electrons. The minimum Gasteiger partial charge on any atom is -0.439 e. The molecule has 1 aliphatic carbocycles. The van der Waals surface area contributed by atoms with Crippen LogP contribution in [0.25, 0.3) is 0 Å². The molecule has 3 rings (SSSR count). The highest BCUT2D eigenvalue weighted by Gasteiger charge is 2.65. The van der Waals surface area contributed by atoms with Gasteiger partial charge in [-0.3, -0.25) is 0 Å². The van der Waals surface area contributed by atoms with Gasteiger partial charge in [0.2, 0.25) is 0 Å². The SMILES string of the molecule is CC1(C)C[C@]2(C)OC(=O)N(N)[C@@]2(C)c2ccccc21. The summed E-state index contributed by atoms with van der Waals surface area (Å²) in [6, 6.07) is 8.20. The summed E-state index contributed by atoms with van der Waals surface area (Å²) in [5, 5.41) is 1.25. The van der Waals surface area contributed by atoms with Gasteiger partial charge in [-0.2, -0.15) is 0 Å². The molecule has 1 heterocycles. The first-order chi connectivity index (χ1) is 8.72. The molecule has 0 bridgehead atoms. The Labute approximate surface area is 113 Å². The van der Waals surface area contributed by atoms with E-state index in [0.29, 0.717) is 0 Å². The Bertz CT molecular complexity index is 569. The Morgan fingerprint density at radius 2 is 1.74 bits per heavy atom. The number of carbonyl (C=O) groups excluding carboxylic acids is 1. The maximum Gasteiger partial charge on any atom is 0.425 e. The van der Waals surface area contributed by atoms with E-state index in [1.165, 1.54) is 10.6 Å². The number of hydrogen-bond acceptors (Lipinski definition) is 3. The summed E-state index contributed by atoms with van der Waals surface area (Å²) in [5.41, 5.74) is 1.06. The Balaban J connectivity index is 2.32. The van der Waals surface area contributed by atoms with Gasteiger partial charge in [0.1, 0.15) is 11.1 Å². The van der Waals surface area contributed by atoms with Crippen LogP contribution < -0.4 is 5.84 Å². The van der Waals surface area contributed by atoms with Crippen LogP contribution in [-0.2, 0) is 15.7 Å². The highest BCUT2D eigenvalue weighted by atomic mass is 16.6. The van der Waals surface area contributed by atoms with Crippen LogP contribution in [0.3, 0.4) is 0 Å². The molecule has 0 radical (unpaired) electrons. The van der Waals surface area contributed by atoms with Crippen molar-refractivity contribution >= 4 is 6.09 Å². The van der Waals surface area contributed by atoms with E-state index >= 15 is 0 Å². The van der Waals surface area contributed by atoms with E-state index in [2.05, 4.69) is 26.0 Å². The summed E-state index contributed by atoms with van der Waals surface area (Å²) in [7, 11) is 0. The highest BCUT2D eigenvalue weighted by molar-refractivity contribution is 5.73. The molecule has 1 aromatic rings. The zero-order chi connectivity index (χ0) is 14.1. The highest BCUT2D eigenvalue weighted by Crippen LogP contribution is 2.56. The zero-order valence-electron chi connectivity index (χ0n) is 11.9. The first-order valence-electron chi connectivity index (χ1n) is 6.60. The minimum absolute atomic E-state index is 0.0453. The molecule has 1 fully saturated rings. The normalized spacial score (nSPS) is 35.6. The quantitative estimate of drug-likeness (QED) is 0.576. The Kier molecular flexibility index (Phi) is 2.17. The summed E-state index contributed by atoms with van der Waals surface area (Å²) < 4.78 is 5.62. The number of nitrogens with zero attached hydrogens (tertiary/aromatic N) is 1. The number of ether oxygens (including phenoxy) is 1. The van der Waals surface area contributed by atoms with E-state index in [9.17, 15) is 4.79 Å². The molecule has 1 amide bonds. The number of fused-ring (bicyclic) bond motifs is 3. The molecule has 0 spiro atoms. The van der Waals surface area contributed by atoms with Crippen LogP contribution in [0.1, 0.15) is 45.2 Å². The van der Waals surface area contributed by atoms with Crippen molar-refractivity contribution in [1.82, 2.24) is 5.01 Å². The molecule has 19 heavy (non-hydrogen) atoms. The number of carbonyl (C=O) groups is 1. The molecule has 0 unspecified atom stereocenters. The molecular weight excluding hydrogens is 240 g/mol. The molecule has 0 saturated carbocycles. The standard InChI is InChI=1S/C15H20N2O2/c1-13(2)9-14(3)15(4,17(16)12(18)19-14)11-8-6-5-7-10(11)13/h5-8H,9,16H2,1-4H3/t14-,15-/m0/s1. The van der Waals surface area contributed by atoms with E-state index in [0.717, 1.165) is 12.0 Å². The average molecular weight is 260 g/mol. The predicted octanol–water partition coefficient (Wildman–Crippen LogP) is 2.67. The Hall–Kier alpha value is -1.55. The fraction of sp³-hybridized carbons (Fsp3) is 0.533. The first-order valence-corrected chi connectivity index (χ1v) is 6.60. The third kappa shape index (κ3) is 1.30. The molecule has 2 aliphatic rings. The Morgan fingerprint density at radius 1 is 1.16 bits per heavy atom. The summed E-state index contributed by atoms with van der Waals surface area (Å²) in [6.45, 7) is 8.34. The van der Waals surface area contributed by atoms with Crippen molar-refractivity contribution in [1.29, 1.82) is 0 Å². The fourth-order valence-corrected chi connectivity index (χ4v) is 3.84. The third-order valence-electron chi connectivity index (χ3n) is 4.98. The number of amides is 1. The molecule has 1 saturated heterocycles. The largest absolute Gasteiger partial charge is 0.439 e. The number of nitrogens with two attached hydrogens (primary N) is 1. The lowest BCUT2D eigenvalue weighted by Crippen LogP contribution is -2.60. The number of hydrazine groups is 1. The van der Waals surface area contributed by atoms with Crippen LogP contribution >= 0.6 is 0 Å². The molecule has 2 N–H and O–H groups in total. The maximum atomic E-state index is 12.0. The van der Waals surface area contributed by atoms with Gasteiger partial charge in [-0.15, -0.1) is 0 Å². The predicted molar refractivity (Wildman–Crippen MR) is 72.3 cm³/mol. The number of rotatable bonds is 0. The summed E-state index contributed by atoms with van der Waals surface area (Å²) >= 11 is 0. The van der Waals surface area contributed by atoms with Gasteiger partial charge in [-0.25, -0.2) is 15.6 Å².